The molecule has 0 aromatic rings. The van der Waals surface area contributed by atoms with E-state index in [-0.39, 0.29) is 12.0 Å². The van der Waals surface area contributed by atoms with Gasteiger partial charge in [-0.25, -0.2) is 0 Å². The lowest BCUT2D eigenvalue weighted by Gasteiger charge is -2.05. The van der Waals surface area contributed by atoms with Gasteiger partial charge in [-0.3, -0.25) is 0 Å². The van der Waals surface area contributed by atoms with Gasteiger partial charge in [0, 0.05) is 12.0 Å². The first-order valence-electron chi connectivity index (χ1n) is 4.35. The Morgan fingerprint density at radius 2 is 2.00 bits per heavy atom. The van der Waals surface area contributed by atoms with Crippen LogP contribution in [0.2, 0.25) is 0 Å². The molecule has 0 rings (SSSR count). The number of unbranched alkanes of at least 4 members (excludes halogenated alkanes) is 1. The second-order valence-electron chi connectivity index (χ2n) is 3.79. The third kappa shape index (κ3) is 9.26. The maximum Gasteiger partial charge on any atom is 0.0433 e. The molecule has 0 amide bonds. The topological polar surface area (TPSA) is 20.2 Å². The highest BCUT2D eigenvalue weighted by Gasteiger charge is 2.01. The molecule has 1 heteroatoms. The molecule has 0 fully saturated rings. The average Bonchev–Trinajstić information content (AvgIpc) is 1.94. The van der Waals surface area contributed by atoms with Gasteiger partial charge in [0.15, 0.2) is 0 Å². The molecule has 0 aliphatic heterocycles. The average molecular weight is 166 g/mol. The number of allylic oxidation sites excluding steroid dienone is 2. The van der Waals surface area contributed by atoms with Crippen LogP contribution in [0.25, 0.3) is 0 Å². The second kappa shape index (κ2) is 5.85. The van der Waals surface area contributed by atoms with E-state index in [0.717, 1.165) is 12.8 Å². The van der Waals surface area contributed by atoms with Crippen molar-refractivity contribution in [1.29, 1.82) is 0 Å². The van der Waals surface area contributed by atoms with E-state index >= 15 is 0 Å². The van der Waals surface area contributed by atoms with Gasteiger partial charge in [0.1, 0.15) is 0 Å². The van der Waals surface area contributed by atoms with Gasteiger partial charge in [0.05, 0.1) is 0 Å². The van der Waals surface area contributed by atoms with Crippen molar-refractivity contribution in [3.8, 4) is 11.8 Å². The minimum atomic E-state index is 0.0846. The second-order valence-corrected chi connectivity index (χ2v) is 3.79. The molecule has 0 bridgehead atoms. The van der Waals surface area contributed by atoms with Gasteiger partial charge in [-0.15, -0.1) is 0 Å². The lowest BCUT2D eigenvalue weighted by atomic mass is 9.98. The monoisotopic (exact) mass is 166 g/mol. The molecular formula is C11H18O. The SMILES string of the molecule is CC(C)(C)C#C/C=C/CCCO. The number of hydrogen-bond acceptors (Lipinski definition) is 1. The molecule has 1 N–H and O–H groups in total. The lowest BCUT2D eigenvalue weighted by molar-refractivity contribution is 0.289. The highest BCUT2D eigenvalue weighted by atomic mass is 16.2. The van der Waals surface area contributed by atoms with Gasteiger partial charge in [-0.2, -0.15) is 0 Å². The van der Waals surface area contributed by atoms with Crippen LogP contribution in [0.1, 0.15) is 33.6 Å². The van der Waals surface area contributed by atoms with Crippen molar-refractivity contribution in [3.63, 3.8) is 0 Å². The summed E-state index contributed by atoms with van der Waals surface area (Å²) in [4.78, 5) is 0. The van der Waals surface area contributed by atoms with Crippen LogP contribution in [-0.4, -0.2) is 11.7 Å². The van der Waals surface area contributed by atoms with E-state index < -0.39 is 0 Å². The lowest BCUT2D eigenvalue weighted by Crippen LogP contribution is -1.98. The van der Waals surface area contributed by atoms with Gasteiger partial charge in [0.25, 0.3) is 0 Å². The zero-order valence-electron chi connectivity index (χ0n) is 8.22. The van der Waals surface area contributed by atoms with E-state index in [9.17, 15) is 0 Å². The van der Waals surface area contributed by atoms with Crippen LogP contribution in [0, 0.1) is 17.3 Å². The Kier molecular flexibility index (Phi) is 5.49. The van der Waals surface area contributed by atoms with Crippen LogP contribution < -0.4 is 0 Å². The van der Waals surface area contributed by atoms with Crippen LogP contribution >= 0.6 is 0 Å². The molecule has 0 aromatic heterocycles. The van der Waals surface area contributed by atoms with Gasteiger partial charge in [0.2, 0.25) is 0 Å². The Morgan fingerprint density at radius 1 is 1.33 bits per heavy atom. The van der Waals surface area contributed by atoms with Crippen LogP contribution in [0.15, 0.2) is 12.2 Å². The molecule has 0 saturated heterocycles. The fraction of sp³-hybridized carbons (Fsp3) is 0.636. The van der Waals surface area contributed by atoms with E-state index in [2.05, 4.69) is 32.6 Å². The summed E-state index contributed by atoms with van der Waals surface area (Å²) in [7, 11) is 0. The van der Waals surface area contributed by atoms with Crippen molar-refractivity contribution in [2.24, 2.45) is 5.41 Å². The molecule has 68 valence electrons. The van der Waals surface area contributed by atoms with E-state index in [1.165, 1.54) is 0 Å². The maximum atomic E-state index is 8.48. The van der Waals surface area contributed by atoms with Crippen molar-refractivity contribution >= 4 is 0 Å². The fourth-order valence-corrected chi connectivity index (χ4v) is 0.610. The largest absolute Gasteiger partial charge is 0.396 e. The van der Waals surface area contributed by atoms with Gasteiger partial charge in [-0.1, -0.05) is 17.9 Å². The Bertz CT molecular complexity index is 185. The maximum absolute atomic E-state index is 8.48. The van der Waals surface area contributed by atoms with Gasteiger partial charge >= 0.3 is 0 Å². The fourth-order valence-electron chi connectivity index (χ4n) is 0.610. The van der Waals surface area contributed by atoms with Gasteiger partial charge in [-0.05, 0) is 39.7 Å². The standard InChI is InChI=1S/C11H18O/c1-11(2,3)9-7-5-4-6-8-10-12/h4-5,12H,6,8,10H2,1-3H3/b5-4+. The first kappa shape index (κ1) is 11.3. The summed E-state index contributed by atoms with van der Waals surface area (Å²) < 4.78 is 0. The molecule has 0 aliphatic rings. The zero-order valence-corrected chi connectivity index (χ0v) is 8.22. The highest BCUT2D eigenvalue weighted by Crippen LogP contribution is 2.09. The summed E-state index contributed by atoms with van der Waals surface area (Å²) in [5, 5.41) is 8.48. The number of aliphatic hydroxyl groups excluding tert-OH is 1. The number of aliphatic hydroxyl groups is 1. The third-order valence-corrected chi connectivity index (χ3v) is 1.18. The van der Waals surface area contributed by atoms with Crippen molar-refractivity contribution in [2.75, 3.05) is 6.61 Å². The molecule has 0 aliphatic carbocycles. The Morgan fingerprint density at radius 3 is 2.50 bits per heavy atom. The molecule has 0 atom stereocenters. The summed E-state index contributed by atoms with van der Waals surface area (Å²) in [5.41, 5.74) is 0.0846. The third-order valence-electron chi connectivity index (χ3n) is 1.18. The molecule has 0 aromatic carbocycles. The predicted octanol–water partition coefficient (Wildman–Crippen LogP) is 2.36. The zero-order chi connectivity index (χ0) is 9.45. The Labute approximate surface area is 75.5 Å². The summed E-state index contributed by atoms with van der Waals surface area (Å²) in [6.45, 7) is 6.52. The van der Waals surface area contributed by atoms with E-state index in [4.69, 9.17) is 5.11 Å². The van der Waals surface area contributed by atoms with Crippen LogP contribution in [0.3, 0.4) is 0 Å². The predicted molar refractivity (Wildman–Crippen MR) is 52.7 cm³/mol. The van der Waals surface area contributed by atoms with Crippen molar-refractivity contribution in [1.82, 2.24) is 0 Å². The summed E-state index contributed by atoms with van der Waals surface area (Å²) >= 11 is 0. The van der Waals surface area contributed by atoms with Crippen LogP contribution in [0.4, 0.5) is 0 Å². The Hall–Kier alpha value is -0.740. The highest BCUT2D eigenvalue weighted by molar-refractivity contribution is 5.18. The first-order chi connectivity index (χ1) is 5.56. The minimum Gasteiger partial charge on any atom is -0.396 e. The molecule has 12 heavy (non-hydrogen) atoms. The molecular weight excluding hydrogens is 148 g/mol. The van der Waals surface area contributed by atoms with E-state index in [1.807, 2.05) is 12.2 Å². The molecule has 0 saturated carbocycles. The molecule has 0 spiro atoms. The van der Waals surface area contributed by atoms with Crippen molar-refractivity contribution in [3.05, 3.63) is 12.2 Å². The van der Waals surface area contributed by atoms with Crippen molar-refractivity contribution < 1.29 is 5.11 Å². The molecule has 0 heterocycles. The minimum absolute atomic E-state index is 0.0846. The number of hydrogen-bond donors (Lipinski definition) is 1. The summed E-state index contributed by atoms with van der Waals surface area (Å²) in [6.07, 6.45) is 5.60. The van der Waals surface area contributed by atoms with Crippen LogP contribution in [-0.2, 0) is 0 Å². The summed E-state index contributed by atoms with van der Waals surface area (Å²) in [5.74, 6) is 6.07. The van der Waals surface area contributed by atoms with Gasteiger partial charge < -0.3 is 5.11 Å². The van der Waals surface area contributed by atoms with E-state index in [1.54, 1.807) is 0 Å². The smallest absolute Gasteiger partial charge is 0.0433 e. The molecule has 1 nitrogen and oxygen atoms in total. The van der Waals surface area contributed by atoms with Crippen LogP contribution in [0.5, 0.6) is 0 Å². The summed E-state index contributed by atoms with van der Waals surface area (Å²) in [6, 6.07) is 0. The first-order valence-corrected chi connectivity index (χ1v) is 4.35. The number of rotatable bonds is 3. The normalized spacial score (nSPS) is 11.3. The molecule has 0 radical (unpaired) electrons. The van der Waals surface area contributed by atoms with Crippen molar-refractivity contribution in [2.45, 2.75) is 33.6 Å². The van der Waals surface area contributed by atoms with E-state index in [0.29, 0.717) is 0 Å². The Balaban J connectivity index is 3.63. The quantitative estimate of drug-likeness (QED) is 0.504. The molecule has 0 unspecified atom stereocenters.